The molecular formula is C23H47N3. The fourth-order valence-corrected chi connectivity index (χ4v) is 3.93. The monoisotopic (exact) mass is 365 g/mol. The van der Waals surface area contributed by atoms with Gasteiger partial charge in [0.1, 0.15) is 6.34 Å². The van der Waals surface area contributed by atoms with Gasteiger partial charge >= 0.3 is 0 Å². The van der Waals surface area contributed by atoms with Gasteiger partial charge in [0.25, 0.3) is 0 Å². The van der Waals surface area contributed by atoms with Gasteiger partial charge in [0.05, 0.1) is 5.54 Å². The molecule has 0 aromatic carbocycles. The number of unbranched alkanes of at least 4 members (excludes halogenated alkanes) is 12. The SMILES string of the molecule is C=NN(C=NC)C(CC)(CC)CCCCCCCCCCCCCCC. The molecule has 0 unspecified atom stereocenters. The lowest BCUT2D eigenvalue weighted by molar-refractivity contribution is 0.151. The lowest BCUT2D eigenvalue weighted by atomic mass is 9.86. The van der Waals surface area contributed by atoms with Crippen molar-refractivity contribution in [1.29, 1.82) is 0 Å². The van der Waals surface area contributed by atoms with Crippen molar-refractivity contribution in [2.75, 3.05) is 7.05 Å². The first kappa shape index (κ1) is 25.1. The van der Waals surface area contributed by atoms with Crippen LogP contribution in [0.25, 0.3) is 0 Å². The van der Waals surface area contributed by atoms with Gasteiger partial charge in [0.2, 0.25) is 0 Å². The van der Waals surface area contributed by atoms with Crippen LogP contribution in [0.3, 0.4) is 0 Å². The highest BCUT2D eigenvalue weighted by atomic mass is 15.5. The Labute approximate surface area is 164 Å². The molecule has 0 heterocycles. The zero-order chi connectivity index (χ0) is 19.5. The molecule has 0 bridgehead atoms. The molecule has 0 aliphatic carbocycles. The first-order valence-electron chi connectivity index (χ1n) is 11.4. The molecule has 0 rings (SSSR count). The molecule has 3 nitrogen and oxygen atoms in total. The Balaban J connectivity index is 3.75. The number of hydrogen-bond acceptors (Lipinski definition) is 2. The molecule has 0 aromatic heterocycles. The molecule has 0 atom stereocenters. The number of nitrogens with zero attached hydrogens (tertiary/aromatic N) is 3. The third kappa shape index (κ3) is 11.0. The molecule has 3 heteroatoms. The number of aliphatic imine (C=N–C) groups is 1. The molecule has 0 N–H and O–H groups in total. The van der Waals surface area contributed by atoms with E-state index in [0.717, 1.165) is 12.8 Å². The fourth-order valence-electron chi connectivity index (χ4n) is 3.93. The van der Waals surface area contributed by atoms with Crippen LogP contribution in [0.15, 0.2) is 10.1 Å². The van der Waals surface area contributed by atoms with Crippen LogP contribution >= 0.6 is 0 Å². The van der Waals surface area contributed by atoms with Gasteiger partial charge in [-0.25, -0.2) is 5.01 Å². The molecule has 0 aliphatic rings. The molecule has 0 spiro atoms. The topological polar surface area (TPSA) is 28.0 Å². The Bertz CT molecular complexity index is 334. The number of rotatable bonds is 19. The Morgan fingerprint density at radius 2 is 1.15 bits per heavy atom. The highest BCUT2D eigenvalue weighted by Gasteiger charge is 2.31. The Kier molecular flexibility index (Phi) is 17.0. The quantitative estimate of drug-likeness (QED) is 0.100. The van der Waals surface area contributed by atoms with E-state index in [4.69, 9.17) is 0 Å². The summed E-state index contributed by atoms with van der Waals surface area (Å²) in [4.78, 5) is 4.15. The molecule has 0 aliphatic heterocycles. The minimum atomic E-state index is 0.0963. The maximum atomic E-state index is 4.21. The van der Waals surface area contributed by atoms with Gasteiger partial charge in [-0.3, -0.25) is 4.99 Å². The van der Waals surface area contributed by atoms with E-state index in [0.29, 0.717) is 0 Å². The molecule has 0 amide bonds. The third-order valence-electron chi connectivity index (χ3n) is 5.93. The summed E-state index contributed by atoms with van der Waals surface area (Å²) >= 11 is 0. The van der Waals surface area contributed by atoms with Gasteiger partial charge in [-0.1, -0.05) is 104 Å². The summed E-state index contributed by atoms with van der Waals surface area (Å²) in [7, 11) is 1.81. The normalized spacial score (nSPS) is 12.0. The van der Waals surface area contributed by atoms with Crippen LogP contribution in [0, 0.1) is 0 Å². The maximum absolute atomic E-state index is 4.21. The Hall–Kier alpha value is -0.860. The molecule has 0 aromatic rings. The van der Waals surface area contributed by atoms with E-state index in [-0.39, 0.29) is 5.54 Å². The summed E-state index contributed by atoms with van der Waals surface area (Å²) in [5.41, 5.74) is 0.0963. The average molecular weight is 366 g/mol. The van der Waals surface area contributed by atoms with Crippen LogP contribution in [0.1, 0.15) is 124 Å². The first-order chi connectivity index (χ1) is 12.7. The summed E-state index contributed by atoms with van der Waals surface area (Å²) < 4.78 is 0. The molecular weight excluding hydrogens is 318 g/mol. The van der Waals surface area contributed by atoms with Crippen molar-refractivity contribution in [3.05, 3.63) is 0 Å². The molecule has 0 saturated carbocycles. The van der Waals surface area contributed by atoms with Crippen LogP contribution in [0.2, 0.25) is 0 Å². The summed E-state index contributed by atoms with van der Waals surface area (Å²) in [5, 5.41) is 6.20. The van der Waals surface area contributed by atoms with Crippen LogP contribution in [0.5, 0.6) is 0 Å². The van der Waals surface area contributed by atoms with Crippen molar-refractivity contribution in [3.63, 3.8) is 0 Å². The second kappa shape index (κ2) is 17.5. The van der Waals surface area contributed by atoms with E-state index < -0.39 is 0 Å². The highest BCUT2D eigenvalue weighted by Crippen LogP contribution is 2.30. The lowest BCUT2D eigenvalue weighted by Gasteiger charge is -2.38. The predicted molar refractivity (Wildman–Crippen MR) is 119 cm³/mol. The van der Waals surface area contributed by atoms with E-state index in [1.807, 2.05) is 11.3 Å². The molecule has 0 saturated heterocycles. The fraction of sp³-hybridized carbons (Fsp3) is 0.913. The van der Waals surface area contributed by atoms with Crippen LogP contribution in [0.4, 0.5) is 0 Å². The van der Waals surface area contributed by atoms with Crippen LogP contribution < -0.4 is 0 Å². The minimum Gasteiger partial charge on any atom is -0.277 e. The second-order valence-corrected chi connectivity index (χ2v) is 7.78. The molecule has 0 radical (unpaired) electrons. The number of hydrogen-bond donors (Lipinski definition) is 0. The minimum absolute atomic E-state index is 0.0963. The van der Waals surface area contributed by atoms with Crippen molar-refractivity contribution in [2.45, 2.75) is 129 Å². The zero-order valence-electron chi connectivity index (χ0n) is 18.4. The largest absolute Gasteiger partial charge is 0.277 e. The van der Waals surface area contributed by atoms with Crippen LogP contribution in [-0.2, 0) is 0 Å². The average Bonchev–Trinajstić information content (AvgIpc) is 2.67. The van der Waals surface area contributed by atoms with E-state index >= 15 is 0 Å². The summed E-state index contributed by atoms with van der Waals surface area (Å²) in [6.45, 7) is 10.5. The van der Waals surface area contributed by atoms with Crippen molar-refractivity contribution in [2.24, 2.45) is 10.1 Å². The Morgan fingerprint density at radius 3 is 1.50 bits per heavy atom. The zero-order valence-corrected chi connectivity index (χ0v) is 18.4. The summed E-state index contributed by atoms with van der Waals surface area (Å²) in [6, 6.07) is 0. The van der Waals surface area contributed by atoms with Gasteiger partial charge in [0, 0.05) is 13.8 Å². The predicted octanol–water partition coefficient (Wildman–Crippen LogP) is 7.60. The van der Waals surface area contributed by atoms with Crippen molar-refractivity contribution in [3.8, 4) is 0 Å². The van der Waals surface area contributed by atoms with E-state index in [2.05, 4.69) is 37.6 Å². The van der Waals surface area contributed by atoms with Crippen molar-refractivity contribution >= 4 is 13.1 Å². The van der Waals surface area contributed by atoms with Crippen molar-refractivity contribution < 1.29 is 0 Å². The van der Waals surface area contributed by atoms with Crippen molar-refractivity contribution in [1.82, 2.24) is 5.01 Å². The molecule has 0 fully saturated rings. The van der Waals surface area contributed by atoms with Gasteiger partial charge in [0.15, 0.2) is 0 Å². The standard InChI is InChI=1S/C23H47N3/c1-6-9-10-11-12-13-14-15-16-17-18-19-20-21-23(7-2,8-3)26(25-5)22-24-4/h22H,5-21H2,1-4H3. The van der Waals surface area contributed by atoms with E-state index in [9.17, 15) is 0 Å². The second-order valence-electron chi connectivity index (χ2n) is 7.78. The smallest absolute Gasteiger partial charge is 0.106 e. The molecule has 154 valence electrons. The summed E-state index contributed by atoms with van der Waals surface area (Å²) in [6.07, 6.45) is 23.5. The Morgan fingerprint density at radius 1 is 0.731 bits per heavy atom. The highest BCUT2D eigenvalue weighted by molar-refractivity contribution is 5.56. The first-order valence-corrected chi connectivity index (χ1v) is 11.4. The van der Waals surface area contributed by atoms with Gasteiger partial charge in [-0.05, 0) is 19.3 Å². The van der Waals surface area contributed by atoms with E-state index in [1.54, 1.807) is 7.05 Å². The van der Waals surface area contributed by atoms with E-state index in [1.165, 1.54) is 89.9 Å². The molecule has 26 heavy (non-hydrogen) atoms. The van der Waals surface area contributed by atoms with Crippen LogP contribution in [-0.4, -0.2) is 30.7 Å². The van der Waals surface area contributed by atoms with Gasteiger partial charge in [-0.2, -0.15) is 5.10 Å². The third-order valence-corrected chi connectivity index (χ3v) is 5.93. The number of hydrazone groups is 1. The van der Waals surface area contributed by atoms with Gasteiger partial charge in [-0.15, -0.1) is 0 Å². The van der Waals surface area contributed by atoms with Gasteiger partial charge < -0.3 is 0 Å². The maximum Gasteiger partial charge on any atom is 0.106 e. The summed E-state index contributed by atoms with van der Waals surface area (Å²) in [5.74, 6) is 0. The lowest BCUT2D eigenvalue weighted by Crippen LogP contribution is -2.44.